The van der Waals surface area contributed by atoms with Crippen LogP contribution < -0.4 is 15.3 Å². The topological polar surface area (TPSA) is 16.1 Å². The van der Waals surface area contributed by atoms with E-state index < -0.39 is 0 Å². The van der Waals surface area contributed by atoms with Gasteiger partial charge in [-0.15, -0.1) is 0 Å². The molecule has 0 amide bonds. The SMILES string of the molecule is C=C/C=c1/cccc2c1=C(C)c1cc(N(c3ccccc3)c3ccc4c(c3)-c3nccc5cccc(c35)C4(C)C)ccc1C2(C)C. The molecule has 5 aromatic carbocycles. The quantitative estimate of drug-likeness (QED) is 0.202. The Balaban J connectivity index is 1.38. The van der Waals surface area contributed by atoms with Gasteiger partial charge in [0.1, 0.15) is 0 Å². The van der Waals surface area contributed by atoms with Crippen LogP contribution in [0.25, 0.3) is 33.7 Å². The fourth-order valence-corrected chi connectivity index (χ4v) is 8.12. The molecule has 2 aliphatic carbocycles. The first-order valence-corrected chi connectivity index (χ1v) is 16.2. The van der Waals surface area contributed by atoms with Crippen LogP contribution in [0.15, 0.2) is 128 Å². The van der Waals surface area contributed by atoms with Crippen LogP contribution in [0.1, 0.15) is 62.4 Å². The molecular formula is C44H38N2. The van der Waals surface area contributed by atoms with Crippen LogP contribution in [0.3, 0.4) is 0 Å². The molecule has 0 saturated carbocycles. The average molecular weight is 595 g/mol. The first-order chi connectivity index (χ1) is 22.2. The van der Waals surface area contributed by atoms with Crippen molar-refractivity contribution in [2.45, 2.75) is 45.4 Å². The number of hydrogen-bond acceptors (Lipinski definition) is 2. The molecule has 1 heterocycles. The van der Waals surface area contributed by atoms with Gasteiger partial charge >= 0.3 is 0 Å². The van der Waals surface area contributed by atoms with E-state index in [-0.39, 0.29) is 10.8 Å². The number of hydrogen-bond donors (Lipinski definition) is 0. The standard InChI is InChI=1S/C44H38N2/c1-7-13-29-14-11-18-38-40(29)28(2)34-26-32(20-22-36(34)43(38,3)4)46(31-16-9-8-10-17-31)33-21-23-37-35(27-33)42-41-30(24-25-45-42)15-12-19-39(41)44(37,5)6/h7-27H,1H2,2-6H3/b29-13-. The highest BCUT2D eigenvalue weighted by Crippen LogP contribution is 2.50. The zero-order chi connectivity index (χ0) is 31.8. The van der Waals surface area contributed by atoms with Crippen LogP contribution in [0.2, 0.25) is 0 Å². The van der Waals surface area contributed by atoms with Crippen LogP contribution in [0.5, 0.6) is 0 Å². The minimum Gasteiger partial charge on any atom is -0.310 e. The summed E-state index contributed by atoms with van der Waals surface area (Å²) in [6.45, 7) is 15.6. The maximum atomic E-state index is 4.99. The van der Waals surface area contributed by atoms with E-state index in [1.807, 2.05) is 12.3 Å². The third-order valence-corrected chi connectivity index (χ3v) is 10.4. The van der Waals surface area contributed by atoms with E-state index in [2.05, 4.69) is 161 Å². The molecule has 0 atom stereocenters. The normalized spacial score (nSPS) is 15.6. The predicted molar refractivity (Wildman–Crippen MR) is 195 cm³/mol. The molecule has 2 heteroatoms. The Kier molecular flexibility index (Phi) is 6.24. The number of benzene rings is 5. The van der Waals surface area contributed by atoms with Gasteiger partial charge in [-0.25, -0.2) is 0 Å². The van der Waals surface area contributed by atoms with Crippen LogP contribution in [0.4, 0.5) is 17.1 Å². The van der Waals surface area contributed by atoms with E-state index in [1.165, 1.54) is 60.2 Å². The molecule has 0 N–H and O–H groups in total. The van der Waals surface area contributed by atoms with E-state index in [0.29, 0.717) is 0 Å². The molecule has 2 aliphatic rings. The zero-order valence-electron chi connectivity index (χ0n) is 27.2. The summed E-state index contributed by atoms with van der Waals surface area (Å²) in [5.41, 5.74) is 13.3. The predicted octanol–water partition coefficient (Wildman–Crippen LogP) is 9.84. The Hall–Kier alpha value is -5.21. The summed E-state index contributed by atoms with van der Waals surface area (Å²) in [5, 5.41) is 5.03. The van der Waals surface area contributed by atoms with E-state index in [9.17, 15) is 0 Å². The number of anilines is 3. The summed E-state index contributed by atoms with van der Waals surface area (Å²) in [6.07, 6.45) is 5.97. The molecule has 8 rings (SSSR count). The number of allylic oxidation sites excluding steroid dienone is 1. The number of fused-ring (bicyclic) bond motifs is 4. The molecule has 2 nitrogen and oxygen atoms in total. The fraction of sp³-hybridized carbons (Fsp3) is 0.159. The van der Waals surface area contributed by atoms with Gasteiger partial charge in [0.2, 0.25) is 0 Å². The Morgan fingerprint density at radius 2 is 1.28 bits per heavy atom. The monoisotopic (exact) mass is 594 g/mol. The van der Waals surface area contributed by atoms with Gasteiger partial charge in [-0.1, -0.05) is 113 Å². The second-order valence-electron chi connectivity index (χ2n) is 13.7. The van der Waals surface area contributed by atoms with Gasteiger partial charge in [0.15, 0.2) is 0 Å². The van der Waals surface area contributed by atoms with Gasteiger partial charge < -0.3 is 4.90 Å². The highest BCUT2D eigenvalue weighted by atomic mass is 15.1. The van der Waals surface area contributed by atoms with E-state index in [1.54, 1.807) is 0 Å². The Morgan fingerprint density at radius 3 is 2.02 bits per heavy atom. The molecule has 0 radical (unpaired) electrons. The van der Waals surface area contributed by atoms with Gasteiger partial charge in [0.05, 0.1) is 5.69 Å². The van der Waals surface area contributed by atoms with E-state index in [4.69, 9.17) is 4.98 Å². The van der Waals surface area contributed by atoms with Crippen molar-refractivity contribution in [3.05, 3.63) is 166 Å². The number of para-hydroxylation sites is 1. The van der Waals surface area contributed by atoms with Crippen molar-refractivity contribution in [3.63, 3.8) is 0 Å². The summed E-state index contributed by atoms with van der Waals surface area (Å²) >= 11 is 0. The number of nitrogens with zero attached hydrogens (tertiary/aromatic N) is 2. The molecule has 0 saturated heterocycles. The summed E-state index contributed by atoms with van der Waals surface area (Å²) in [6, 6.07) is 40.2. The second-order valence-corrected chi connectivity index (χ2v) is 13.7. The van der Waals surface area contributed by atoms with Gasteiger partial charge in [-0.3, -0.25) is 4.98 Å². The van der Waals surface area contributed by atoms with Gasteiger partial charge in [0.25, 0.3) is 0 Å². The average Bonchev–Trinajstić information content (AvgIpc) is 3.07. The highest BCUT2D eigenvalue weighted by molar-refractivity contribution is 6.02. The molecule has 0 fully saturated rings. The van der Waals surface area contributed by atoms with Crippen molar-refractivity contribution < 1.29 is 0 Å². The zero-order valence-corrected chi connectivity index (χ0v) is 27.2. The Labute approximate surface area is 271 Å². The summed E-state index contributed by atoms with van der Waals surface area (Å²) < 4.78 is 0. The first-order valence-electron chi connectivity index (χ1n) is 16.2. The van der Waals surface area contributed by atoms with Crippen molar-refractivity contribution in [2.24, 2.45) is 0 Å². The summed E-state index contributed by atoms with van der Waals surface area (Å²) in [4.78, 5) is 7.38. The largest absolute Gasteiger partial charge is 0.310 e. The lowest BCUT2D eigenvalue weighted by Gasteiger charge is -2.36. The minimum atomic E-state index is -0.141. The fourth-order valence-electron chi connectivity index (χ4n) is 8.12. The van der Waals surface area contributed by atoms with Crippen molar-refractivity contribution in [2.75, 3.05) is 4.90 Å². The molecule has 0 spiro atoms. The highest BCUT2D eigenvalue weighted by Gasteiger charge is 2.35. The molecule has 1 aromatic heterocycles. The smallest absolute Gasteiger partial charge is 0.0787 e. The third-order valence-electron chi connectivity index (χ3n) is 10.4. The lowest BCUT2D eigenvalue weighted by atomic mass is 9.69. The van der Waals surface area contributed by atoms with E-state index >= 15 is 0 Å². The first kappa shape index (κ1) is 28.3. The maximum Gasteiger partial charge on any atom is 0.0787 e. The molecule has 46 heavy (non-hydrogen) atoms. The molecule has 0 bridgehead atoms. The Bertz CT molecular complexity index is 2340. The number of rotatable bonds is 4. The van der Waals surface area contributed by atoms with Crippen molar-refractivity contribution in [1.82, 2.24) is 4.98 Å². The van der Waals surface area contributed by atoms with Crippen LogP contribution >= 0.6 is 0 Å². The van der Waals surface area contributed by atoms with Gasteiger partial charge in [0, 0.05) is 45.0 Å². The molecular weight excluding hydrogens is 556 g/mol. The lowest BCUT2D eigenvalue weighted by molar-refractivity contribution is 0.627. The molecule has 0 aliphatic heterocycles. The van der Waals surface area contributed by atoms with Gasteiger partial charge in [-0.2, -0.15) is 0 Å². The van der Waals surface area contributed by atoms with Crippen LogP contribution in [-0.4, -0.2) is 4.98 Å². The lowest BCUT2D eigenvalue weighted by Crippen LogP contribution is -2.41. The van der Waals surface area contributed by atoms with Crippen molar-refractivity contribution in [3.8, 4) is 11.3 Å². The maximum absolute atomic E-state index is 4.99. The molecule has 6 aromatic rings. The van der Waals surface area contributed by atoms with Crippen LogP contribution in [0, 0.1) is 0 Å². The summed E-state index contributed by atoms with van der Waals surface area (Å²) in [5.74, 6) is 0. The van der Waals surface area contributed by atoms with Crippen molar-refractivity contribution >= 4 is 39.5 Å². The third kappa shape index (κ3) is 3.99. The number of pyridine rings is 1. The summed E-state index contributed by atoms with van der Waals surface area (Å²) in [7, 11) is 0. The van der Waals surface area contributed by atoms with Crippen molar-refractivity contribution in [1.29, 1.82) is 0 Å². The molecule has 224 valence electrons. The second kappa shape index (κ2) is 10.2. The minimum absolute atomic E-state index is 0.138. The van der Waals surface area contributed by atoms with Crippen LogP contribution in [-0.2, 0) is 10.8 Å². The van der Waals surface area contributed by atoms with Gasteiger partial charge in [-0.05, 0) is 98.6 Å². The van der Waals surface area contributed by atoms with E-state index in [0.717, 1.165) is 22.8 Å². The Morgan fingerprint density at radius 1 is 0.630 bits per heavy atom. The molecule has 0 unspecified atom stereocenters. The number of aromatic nitrogens is 1.